The SMILES string of the molecule is Cc1cc2c3c(c1)C(CSc1nnc(C)s1)=CC(C)(C)N3C(=O)C2=O. The van der Waals surface area contributed by atoms with E-state index in [1.807, 2.05) is 33.8 Å². The van der Waals surface area contributed by atoms with E-state index >= 15 is 0 Å². The zero-order valence-corrected chi connectivity index (χ0v) is 16.0. The van der Waals surface area contributed by atoms with Crippen molar-refractivity contribution in [3.05, 3.63) is 39.9 Å². The number of thioether (sulfide) groups is 1. The predicted molar refractivity (Wildman–Crippen MR) is 100 cm³/mol. The number of aromatic nitrogens is 2. The molecule has 128 valence electrons. The number of hydrogen-bond acceptors (Lipinski definition) is 6. The number of carbonyl (C=O) groups excluding carboxylic acids is 2. The monoisotopic (exact) mass is 371 g/mol. The molecule has 0 unspecified atom stereocenters. The van der Waals surface area contributed by atoms with Crippen molar-refractivity contribution in [2.45, 2.75) is 37.6 Å². The van der Waals surface area contributed by atoms with Crippen LogP contribution in [0.25, 0.3) is 5.57 Å². The van der Waals surface area contributed by atoms with Gasteiger partial charge in [-0.1, -0.05) is 29.2 Å². The van der Waals surface area contributed by atoms with Crippen LogP contribution in [0.15, 0.2) is 22.5 Å². The van der Waals surface area contributed by atoms with E-state index in [1.165, 1.54) is 0 Å². The molecule has 0 spiro atoms. The quantitative estimate of drug-likeness (QED) is 0.609. The van der Waals surface area contributed by atoms with E-state index in [0.29, 0.717) is 5.56 Å². The largest absolute Gasteiger partial charge is 0.300 e. The molecule has 0 aliphatic carbocycles. The van der Waals surface area contributed by atoms with E-state index < -0.39 is 17.2 Å². The molecule has 7 heteroatoms. The van der Waals surface area contributed by atoms with Crippen LogP contribution in [0.4, 0.5) is 5.69 Å². The summed E-state index contributed by atoms with van der Waals surface area (Å²) in [6, 6.07) is 3.88. The summed E-state index contributed by atoms with van der Waals surface area (Å²) in [4.78, 5) is 26.6. The number of carbonyl (C=O) groups is 2. The van der Waals surface area contributed by atoms with Gasteiger partial charge >= 0.3 is 0 Å². The lowest BCUT2D eigenvalue weighted by molar-refractivity contribution is -0.115. The highest BCUT2D eigenvalue weighted by molar-refractivity contribution is 8.01. The molecule has 2 aromatic rings. The third-order valence-corrected chi connectivity index (χ3v) is 6.45. The first kappa shape index (κ1) is 16.5. The third kappa shape index (κ3) is 2.53. The topological polar surface area (TPSA) is 63.2 Å². The van der Waals surface area contributed by atoms with Crippen LogP contribution in [-0.4, -0.2) is 33.2 Å². The van der Waals surface area contributed by atoms with E-state index in [4.69, 9.17) is 0 Å². The van der Waals surface area contributed by atoms with Crippen molar-refractivity contribution in [1.82, 2.24) is 10.2 Å². The first-order valence-corrected chi connectivity index (χ1v) is 9.77. The molecule has 1 amide bonds. The third-order valence-electron chi connectivity index (χ3n) is 4.43. The number of nitrogens with zero attached hydrogens (tertiary/aromatic N) is 3. The van der Waals surface area contributed by atoms with Crippen LogP contribution in [0.5, 0.6) is 0 Å². The van der Waals surface area contributed by atoms with Crippen molar-refractivity contribution in [2.24, 2.45) is 0 Å². The molecule has 1 aromatic heterocycles. The number of anilines is 1. The lowest BCUT2D eigenvalue weighted by Gasteiger charge is -2.39. The number of Topliss-reactive ketones (excluding diaryl/α,β-unsaturated/α-hetero) is 1. The number of ketones is 1. The fraction of sp³-hybridized carbons (Fsp3) is 0.333. The number of hydrogen-bond donors (Lipinski definition) is 0. The molecule has 0 saturated carbocycles. The summed E-state index contributed by atoms with van der Waals surface area (Å²) in [7, 11) is 0. The minimum absolute atomic E-state index is 0.407. The highest BCUT2D eigenvalue weighted by atomic mass is 32.2. The van der Waals surface area contributed by atoms with Crippen LogP contribution in [0.3, 0.4) is 0 Å². The van der Waals surface area contributed by atoms with Gasteiger partial charge < -0.3 is 0 Å². The number of aryl methyl sites for hydroxylation is 2. The van der Waals surface area contributed by atoms with Crippen LogP contribution in [0.1, 0.15) is 40.3 Å². The van der Waals surface area contributed by atoms with Crippen LogP contribution in [-0.2, 0) is 4.79 Å². The second-order valence-electron chi connectivity index (χ2n) is 6.88. The van der Waals surface area contributed by atoms with Crippen LogP contribution in [0.2, 0.25) is 0 Å². The van der Waals surface area contributed by atoms with E-state index in [0.717, 1.165) is 37.5 Å². The minimum atomic E-state index is -0.535. The summed E-state index contributed by atoms with van der Waals surface area (Å²) in [6.07, 6.45) is 2.09. The average molecular weight is 371 g/mol. The Hall–Kier alpha value is -1.99. The molecular weight excluding hydrogens is 354 g/mol. The molecule has 2 aliphatic rings. The van der Waals surface area contributed by atoms with Crippen molar-refractivity contribution in [2.75, 3.05) is 10.7 Å². The molecule has 0 radical (unpaired) electrons. The molecule has 25 heavy (non-hydrogen) atoms. The Morgan fingerprint density at radius 2 is 1.88 bits per heavy atom. The zero-order valence-electron chi connectivity index (χ0n) is 14.4. The molecule has 0 atom stereocenters. The van der Waals surface area contributed by atoms with Crippen molar-refractivity contribution in [3.63, 3.8) is 0 Å². The van der Waals surface area contributed by atoms with Gasteiger partial charge in [-0.15, -0.1) is 10.2 Å². The molecule has 0 bridgehead atoms. The zero-order chi connectivity index (χ0) is 17.9. The summed E-state index contributed by atoms with van der Waals surface area (Å²) in [5, 5.41) is 9.16. The molecule has 4 rings (SSSR count). The van der Waals surface area contributed by atoms with Gasteiger partial charge in [0.1, 0.15) is 5.01 Å². The van der Waals surface area contributed by atoms with Gasteiger partial charge in [0.2, 0.25) is 0 Å². The highest BCUT2D eigenvalue weighted by Gasteiger charge is 2.47. The first-order chi connectivity index (χ1) is 11.8. The molecule has 3 heterocycles. The van der Waals surface area contributed by atoms with Crippen LogP contribution in [0, 0.1) is 13.8 Å². The van der Waals surface area contributed by atoms with Crippen molar-refractivity contribution >= 4 is 46.0 Å². The van der Waals surface area contributed by atoms with Gasteiger partial charge in [-0.05, 0) is 51.0 Å². The molecular formula is C18H17N3O2S2. The number of rotatable bonds is 3. The van der Waals surface area contributed by atoms with Gasteiger partial charge in [-0.3, -0.25) is 14.5 Å². The minimum Gasteiger partial charge on any atom is -0.295 e. The van der Waals surface area contributed by atoms with Gasteiger partial charge in [0.05, 0.1) is 16.8 Å². The van der Waals surface area contributed by atoms with Gasteiger partial charge in [0.15, 0.2) is 4.34 Å². The highest BCUT2D eigenvalue weighted by Crippen LogP contribution is 2.47. The maximum atomic E-state index is 12.5. The van der Waals surface area contributed by atoms with Gasteiger partial charge in [-0.25, -0.2) is 0 Å². The fourth-order valence-electron chi connectivity index (χ4n) is 3.47. The maximum absolute atomic E-state index is 12.5. The summed E-state index contributed by atoms with van der Waals surface area (Å²) in [5.41, 5.74) is 3.84. The second-order valence-corrected chi connectivity index (χ2v) is 9.28. The van der Waals surface area contributed by atoms with E-state index in [9.17, 15) is 9.59 Å². The molecule has 0 fully saturated rings. The predicted octanol–water partition coefficient (Wildman–Crippen LogP) is 3.65. The molecule has 2 aliphatic heterocycles. The summed E-state index contributed by atoms with van der Waals surface area (Å²) in [5.74, 6) is -0.117. The summed E-state index contributed by atoms with van der Waals surface area (Å²) >= 11 is 3.21. The van der Waals surface area contributed by atoms with Gasteiger partial charge in [0, 0.05) is 11.3 Å². The Morgan fingerprint density at radius 3 is 2.56 bits per heavy atom. The summed E-state index contributed by atoms with van der Waals surface area (Å²) in [6.45, 7) is 7.83. The van der Waals surface area contributed by atoms with E-state index in [1.54, 1.807) is 28.0 Å². The van der Waals surface area contributed by atoms with Crippen molar-refractivity contribution < 1.29 is 9.59 Å². The van der Waals surface area contributed by atoms with Crippen LogP contribution < -0.4 is 4.90 Å². The molecule has 1 aromatic carbocycles. The fourth-order valence-corrected chi connectivity index (χ4v) is 5.28. The maximum Gasteiger partial charge on any atom is 0.300 e. The first-order valence-electron chi connectivity index (χ1n) is 7.96. The van der Waals surface area contributed by atoms with E-state index in [2.05, 4.69) is 22.3 Å². The molecule has 0 saturated heterocycles. The Kier molecular flexibility index (Phi) is 3.63. The lowest BCUT2D eigenvalue weighted by atomic mass is 9.88. The second kappa shape index (κ2) is 5.51. The van der Waals surface area contributed by atoms with Crippen molar-refractivity contribution in [3.8, 4) is 0 Å². The normalized spacial score (nSPS) is 17.8. The van der Waals surface area contributed by atoms with Gasteiger partial charge in [0.25, 0.3) is 11.7 Å². The Morgan fingerprint density at radius 1 is 1.16 bits per heavy atom. The smallest absolute Gasteiger partial charge is 0.295 e. The van der Waals surface area contributed by atoms with Crippen molar-refractivity contribution in [1.29, 1.82) is 0 Å². The molecule has 5 nitrogen and oxygen atoms in total. The van der Waals surface area contributed by atoms with Crippen LogP contribution >= 0.6 is 23.1 Å². The summed E-state index contributed by atoms with van der Waals surface area (Å²) < 4.78 is 0.926. The number of amides is 1. The Labute approximate surface area is 154 Å². The molecule has 0 N–H and O–H groups in total. The lowest BCUT2D eigenvalue weighted by Crippen LogP contribution is -2.47. The van der Waals surface area contributed by atoms with Gasteiger partial charge in [-0.2, -0.15) is 0 Å². The Balaban J connectivity index is 1.79. The number of benzene rings is 1. The average Bonchev–Trinajstić information content (AvgIpc) is 3.06. The Bertz CT molecular complexity index is 959. The van der Waals surface area contributed by atoms with E-state index in [-0.39, 0.29) is 0 Å². The standard InChI is InChI=1S/C18H17N3O2S2/c1-9-5-12-11(8-24-17-20-19-10(2)25-17)7-18(3,4)21-14(12)13(6-9)15(22)16(21)23/h5-7H,8H2,1-4H3.